The van der Waals surface area contributed by atoms with Crippen molar-refractivity contribution in [2.75, 3.05) is 6.61 Å². The summed E-state index contributed by atoms with van der Waals surface area (Å²) >= 11 is 0. The van der Waals surface area contributed by atoms with Crippen LogP contribution in [0.4, 0.5) is 12.9 Å². The second-order valence-electron chi connectivity index (χ2n) is 3.52. The van der Waals surface area contributed by atoms with Crippen LogP contribution in [0.3, 0.4) is 0 Å². The molecule has 0 N–H and O–H groups in total. The van der Waals surface area contributed by atoms with E-state index in [0.29, 0.717) is 5.75 Å². The van der Waals surface area contributed by atoms with Crippen molar-refractivity contribution in [2.45, 2.75) is 13.3 Å². The van der Waals surface area contributed by atoms with E-state index in [4.69, 9.17) is 4.74 Å². The first-order valence-electron chi connectivity index (χ1n) is 5.03. The maximum atomic E-state index is 12.2. The summed E-state index contributed by atoms with van der Waals surface area (Å²) < 4.78 is 41.5. The number of benzene rings is 1. The van der Waals surface area contributed by atoms with Gasteiger partial charge in [0.15, 0.2) is 0 Å². The van der Waals surface area contributed by atoms with Gasteiger partial charge in [-0.3, -0.25) is 0 Å². The van der Waals surface area contributed by atoms with Crippen molar-refractivity contribution < 1.29 is 69.1 Å². The minimum atomic E-state index is -5.00. The summed E-state index contributed by atoms with van der Waals surface area (Å²) in [6.07, 6.45) is 0.888. The number of hydrogen-bond acceptors (Lipinski definition) is 1. The number of aryl methyl sites for hydroxylation is 1. The molecule has 17 heavy (non-hydrogen) atoms. The minimum absolute atomic E-state index is 0. The van der Waals surface area contributed by atoms with Gasteiger partial charge in [-0.1, -0.05) is 19.1 Å². The Kier molecular flexibility index (Phi) is 7.75. The molecule has 6 heteroatoms. The number of halogens is 3. The van der Waals surface area contributed by atoms with Gasteiger partial charge in [-0.25, -0.2) is 0 Å². The van der Waals surface area contributed by atoms with Crippen molar-refractivity contribution in [3.05, 3.63) is 41.9 Å². The summed E-state index contributed by atoms with van der Waals surface area (Å²) in [4.78, 5) is 0. The van der Waals surface area contributed by atoms with Gasteiger partial charge in [0.2, 0.25) is 0 Å². The SMILES string of the molecule is C=C(COc1ccc(CC)cc1)[B-](F)(F)F.[K+]. The molecule has 0 saturated heterocycles. The number of rotatable bonds is 5. The van der Waals surface area contributed by atoms with Crippen LogP contribution in [0.2, 0.25) is 0 Å². The summed E-state index contributed by atoms with van der Waals surface area (Å²) in [6.45, 7) is -0.549. The normalized spacial score (nSPS) is 10.6. The zero-order chi connectivity index (χ0) is 12.2. The van der Waals surface area contributed by atoms with E-state index in [1.165, 1.54) is 0 Å². The molecule has 0 atom stereocenters. The molecule has 0 fully saturated rings. The zero-order valence-corrected chi connectivity index (χ0v) is 13.2. The standard InChI is InChI=1S/C11H13BF3O.K/c1-3-10-4-6-11(7-5-10)16-8-9(2)12(13,14)15;/h4-7H,2-3,8H2,1H3;/q-1;+1. The molecule has 1 aromatic rings. The molecule has 1 rings (SSSR count). The fourth-order valence-electron chi connectivity index (χ4n) is 1.09. The predicted molar refractivity (Wildman–Crippen MR) is 59.5 cm³/mol. The molecule has 0 spiro atoms. The maximum Gasteiger partial charge on any atom is 1.00 e. The van der Waals surface area contributed by atoms with Gasteiger partial charge < -0.3 is 17.7 Å². The Labute approximate surface area is 142 Å². The first-order chi connectivity index (χ1) is 7.43. The maximum absolute atomic E-state index is 12.2. The third kappa shape index (κ3) is 6.11. The Morgan fingerprint density at radius 2 is 1.76 bits per heavy atom. The third-order valence-corrected chi connectivity index (χ3v) is 2.22. The van der Waals surface area contributed by atoms with Crippen LogP contribution in [0.25, 0.3) is 0 Å². The van der Waals surface area contributed by atoms with Crippen LogP contribution in [0, 0.1) is 0 Å². The van der Waals surface area contributed by atoms with E-state index < -0.39 is 19.1 Å². The van der Waals surface area contributed by atoms with E-state index in [1.807, 2.05) is 19.1 Å². The van der Waals surface area contributed by atoms with E-state index in [0.717, 1.165) is 12.0 Å². The van der Waals surface area contributed by atoms with Crippen molar-refractivity contribution in [2.24, 2.45) is 0 Å². The van der Waals surface area contributed by atoms with Crippen molar-refractivity contribution in [3.63, 3.8) is 0 Å². The Hall–Kier alpha value is 0.251. The van der Waals surface area contributed by atoms with Gasteiger partial charge in [-0.05, 0) is 24.1 Å². The minimum Gasteiger partial charge on any atom is -0.492 e. The van der Waals surface area contributed by atoms with Crippen molar-refractivity contribution >= 4 is 6.98 Å². The second-order valence-corrected chi connectivity index (χ2v) is 3.52. The molecule has 0 unspecified atom stereocenters. The second kappa shape index (κ2) is 7.63. The van der Waals surface area contributed by atoms with E-state index in [1.54, 1.807) is 12.1 Å². The molecule has 88 valence electrons. The van der Waals surface area contributed by atoms with Gasteiger partial charge in [0, 0.05) is 0 Å². The Balaban J connectivity index is 0.00000256. The molecule has 0 aromatic heterocycles. The van der Waals surface area contributed by atoms with E-state index >= 15 is 0 Å². The number of ether oxygens (including phenoxy) is 1. The molecule has 0 aliphatic rings. The number of hydrogen-bond donors (Lipinski definition) is 0. The smallest absolute Gasteiger partial charge is 0.492 e. The molecule has 0 saturated carbocycles. The average Bonchev–Trinajstić information content (AvgIpc) is 2.25. The molecule has 0 aliphatic carbocycles. The third-order valence-electron chi connectivity index (χ3n) is 2.22. The first-order valence-corrected chi connectivity index (χ1v) is 5.03. The topological polar surface area (TPSA) is 9.23 Å². The van der Waals surface area contributed by atoms with Crippen molar-refractivity contribution in [1.29, 1.82) is 0 Å². The Morgan fingerprint density at radius 3 is 2.18 bits per heavy atom. The fourth-order valence-corrected chi connectivity index (χ4v) is 1.09. The summed E-state index contributed by atoms with van der Waals surface area (Å²) in [7, 11) is 0. The van der Waals surface area contributed by atoms with Crippen LogP contribution < -0.4 is 56.1 Å². The Bertz CT molecular complexity index is 362. The van der Waals surface area contributed by atoms with Gasteiger partial charge in [-0.15, -0.1) is 12.1 Å². The van der Waals surface area contributed by atoms with Gasteiger partial charge in [0.1, 0.15) is 5.75 Å². The first kappa shape index (κ1) is 17.3. The van der Waals surface area contributed by atoms with Crippen LogP contribution in [0.15, 0.2) is 36.3 Å². The van der Waals surface area contributed by atoms with E-state index in [-0.39, 0.29) is 51.4 Å². The average molecular weight is 268 g/mol. The predicted octanol–water partition coefficient (Wildman–Crippen LogP) is 0.575. The fraction of sp³-hybridized carbons (Fsp3) is 0.273. The summed E-state index contributed by atoms with van der Waals surface area (Å²) in [6, 6.07) is 6.98. The van der Waals surface area contributed by atoms with Gasteiger partial charge in [0.25, 0.3) is 0 Å². The zero-order valence-electron chi connectivity index (χ0n) is 10.1. The molecule has 0 heterocycles. The van der Waals surface area contributed by atoms with Crippen molar-refractivity contribution in [1.82, 2.24) is 0 Å². The molecule has 1 nitrogen and oxygen atoms in total. The summed E-state index contributed by atoms with van der Waals surface area (Å²) in [5, 5.41) is 0. The van der Waals surface area contributed by atoms with E-state index in [2.05, 4.69) is 6.58 Å². The monoisotopic (exact) mass is 268 g/mol. The van der Waals surface area contributed by atoms with Gasteiger partial charge in [-0.2, -0.15) is 0 Å². The van der Waals surface area contributed by atoms with Crippen LogP contribution >= 0.6 is 0 Å². The molecule has 0 bridgehead atoms. The molecular weight excluding hydrogens is 255 g/mol. The van der Waals surface area contributed by atoms with Crippen LogP contribution in [-0.2, 0) is 6.42 Å². The molecular formula is C11H13BF3KO. The van der Waals surface area contributed by atoms with E-state index in [9.17, 15) is 12.9 Å². The Morgan fingerprint density at radius 1 is 1.24 bits per heavy atom. The largest absolute Gasteiger partial charge is 1.00 e. The van der Waals surface area contributed by atoms with Crippen molar-refractivity contribution in [3.8, 4) is 5.75 Å². The van der Waals surface area contributed by atoms with Crippen LogP contribution in [-0.4, -0.2) is 13.6 Å². The molecule has 0 amide bonds. The molecule has 0 radical (unpaired) electrons. The van der Waals surface area contributed by atoms with Gasteiger partial charge >= 0.3 is 58.4 Å². The van der Waals surface area contributed by atoms with Crippen LogP contribution in [0.5, 0.6) is 5.75 Å². The summed E-state index contributed by atoms with van der Waals surface area (Å²) in [5.41, 5.74) is 0.297. The molecule has 0 aliphatic heterocycles. The van der Waals surface area contributed by atoms with Gasteiger partial charge in [0.05, 0.1) is 6.61 Å². The van der Waals surface area contributed by atoms with Crippen LogP contribution in [0.1, 0.15) is 12.5 Å². The summed E-state index contributed by atoms with van der Waals surface area (Å²) in [5.74, 6) is 0.429. The quantitative estimate of drug-likeness (QED) is 0.710. The molecule has 1 aromatic carbocycles.